The summed E-state index contributed by atoms with van der Waals surface area (Å²) in [5, 5.41) is 26.1. The predicted octanol–water partition coefficient (Wildman–Crippen LogP) is 17.3. The van der Waals surface area contributed by atoms with Crippen LogP contribution in [0.25, 0.3) is 64.7 Å². The molecule has 100 heavy (non-hydrogen) atoms. The number of nitrogens with zero attached hydrogens (tertiary/aromatic N) is 19. The van der Waals surface area contributed by atoms with Crippen molar-refractivity contribution in [3.05, 3.63) is 114 Å². The van der Waals surface area contributed by atoms with Crippen molar-refractivity contribution in [2.24, 2.45) is 0 Å². The van der Waals surface area contributed by atoms with Crippen LogP contribution in [0.1, 0.15) is 237 Å². The van der Waals surface area contributed by atoms with E-state index in [9.17, 15) is 0 Å². The monoisotopic (exact) mass is 1390 g/mol. The number of anilines is 6. The predicted molar refractivity (Wildman–Crippen MR) is 415 cm³/mol. The van der Waals surface area contributed by atoms with Gasteiger partial charge in [0.2, 0.25) is 0 Å². The molecule has 12 aromatic rings. The van der Waals surface area contributed by atoms with Crippen molar-refractivity contribution in [3.8, 4) is 0 Å². The second kappa shape index (κ2) is 36.6. The van der Waals surface area contributed by atoms with Crippen molar-refractivity contribution in [2.45, 2.75) is 238 Å². The van der Waals surface area contributed by atoms with E-state index in [2.05, 4.69) is 316 Å². The molecule has 27 heteroatoms. The van der Waals surface area contributed by atoms with Crippen LogP contribution in [0.3, 0.4) is 0 Å². The molecule has 0 unspecified atom stereocenters. The maximum atomic E-state index is 4.60. The Hall–Kier alpha value is -9.37. The molecular formula is C73H103N25S2. The van der Waals surface area contributed by atoms with E-state index in [1.54, 1.807) is 53.7 Å². The fourth-order valence-corrected chi connectivity index (χ4v) is 10.8. The van der Waals surface area contributed by atoms with E-state index in [0.29, 0.717) is 65.3 Å². The first-order chi connectivity index (χ1) is 47.5. The lowest BCUT2D eigenvalue weighted by atomic mass is 10.2. The second-order valence-electron chi connectivity index (χ2n) is 27.7. The fraction of sp³-hybridized carbons (Fsp3) is 0.493. The molecule has 12 aromatic heterocycles. The fourth-order valence-electron chi connectivity index (χ4n) is 9.22. The lowest BCUT2D eigenvalue weighted by molar-refractivity contribution is 0.775. The summed E-state index contributed by atoms with van der Waals surface area (Å²) in [4.78, 5) is 84.7. The van der Waals surface area contributed by atoms with Crippen molar-refractivity contribution in [1.29, 1.82) is 0 Å². The molecule has 0 saturated heterocycles. The number of aromatic nitrogens is 19. The van der Waals surface area contributed by atoms with E-state index in [4.69, 9.17) is 0 Å². The maximum absolute atomic E-state index is 4.60. The molecule has 0 atom stereocenters. The molecule has 532 valence electrons. The van der Waals surface area contributed by atoms with Gasteiger partial charge in [0.25, 0.3) is 0 Å². The first kappa shape index (κ1) is 78.0. The Labute approximate surface area is 597 Å². The first-order valence-corrected chi connectivity index (χ1v) is 36.4. The number of nitrogens with one attached hydrogen (secondary N) is 6. The number of hydrogen-bond donors (Lipinski definition) is 6. The van der Waals surface area contributed by atoms with E-state index in [1.165, 1.54) is 12.7 Å². The minimum absolute atomic E-state index is 0.272. The van der Waals surface area contributed by atoms with Gasteiger partial charge >= 0.3 is 0 Å². The van der Waals surface area contributed by atoms with Crippen molar-refractivity contribution < 1.29 is 0 Å². The largest absolute Gasteiger partial charge is 0.367 e. The highest BCUT2D eigenvalue weighted by Crippen LogP contribution is 2.31. The number of pyridine rings is 1. The highest BCUT2D eigenvalue weighted by atomic mass is 32.1. The van der Waals surface area contributed by atoms with E-state index >= 15 is 0 Å². The average Bonchev–Trinajstić information content (AvgIpc) is 1.54. The summed E-state index contributed by atoms with van der Waals surface area (Å²) in [5.74, 6) is 12.1. The Morgan fingerprint density at radius 3 is 1.22 bits per heavy atom. The molecule has 12 heterocycles. The van der Waals surface area contributed by atoms with Gasteiger partial charge in [-0.3, -0.25) is 4.98 Å². The van der Waals surface area contributed by atoms with Crippen LogP contribution in [0.5, 0.6) is 0 Å². The van der Waals surface area contributed by atoms with Crippen molar-refractivity contribution in [3.63, 3.8) is 0 Å². The summed E-state index contributed by atoms with van der Waals surface area (Å²) in [7, 11) is 0. The van der Waals surface area contributed by atoms with Crippen LogP contribution in [-0.2, 0) is 0 Å². The summed E-state index contributed by atoms with van der Waals surface area (Å²) in [6.07, 6.45) is 11.6. The van der Waals surface area contributed by atoms with Gasteiger partial charge in [-0.1, -0.05) is 83.1 Å². The van der Waals surface area contributed by atoms with Crippen LogP contribution in [0.15, 0.2) is 78.7 Å². The summed E-state index contributed by atoms with van der Waals surface area (Å²) < 4.78 is 1.15. The molecule has 0 aliphatic rings. The molecular weight excluding hydrogens is 1290 g/mol. The van der Waals surface area contributed by atoms with Crippen LogP contribution in [-0.4, -0.2) is 131 Å². The molecule has 0 saturated carbocycles. The maximum Gasteiger partial charge on any atom is 0.183 e. The molecule has 6 N–H and O–H groups in total. The van der Waals surface area contributed by atoms with Gasteiger partial charge in [0, 0.05) is 96.5 Å². The number of rotatable bonds is 18. The normalized spacial score (nSPS) is 11.5. The van der Waals surface area contributed by atoms with Gasteiger partial charge in [-0.25, -0.2) is 89.7 Å². The second-order valence-corrected chi connectivity index (χ2v) is 29.5. The van der Waals surface area contributed by atoms with Crippen molar-refractivity contribution in [2.75, 3.05) is 31.9 Å². The number of hydrogen-bond acceptors (Lipinski definition) is 27. The zero-order valence-electron chi connectivity index (χ0n) is 62.7. The van der Waals surface area contributed by atoms with Gasteiger partial charge in [-0.05, 0) is 118 Å². The SMILES string of the molecule is CC(C)Nc1nc(C(C)C)nc2cccnc12.CC(C)Nc1nc(C(C)C)nc2ccsc12.CC(C)Nc1nc(C(C)C)nc2cncnc12.CC(C)Nc1nc(C(C)C)nc2nccnc12.CC(C)Nc1nc(C(C)C)nc2ncncc12.CC(C)Nc1nc(C(C)C)nc2sccc12. The third kappa shape index (κ3) is 22.3. The van der Waals surface area contributed by atoms with E-state index in [0.717, 1.165) is 123 Å². The Bertz CT molecular complexity index is 4060. The van der Waals surface area contributed by atoms with E-state index in [1.807, 2.05) is 12.1 Å². The third-order valence-corrected chi connectivity index (χ3v) is 15.6. The Morgan fingerprint density at radius 1 is 0.290 bits per heavy atom. The van der Waals surface area contributed by atoms with Gasteiger partial charge < -0.3 is 31.9 Å². The Kier molecular flexibility index (Phi) is 28.6. The molecule has 0 spiro atoms. The summed E-state index contributed by atoms with van der Waals surface area (Å²) in [6.45, 7) is 50.2. The average molecular weight is 1390 g/mol. The van der Waals surface area contributed by atoms with Crippen LogP contribution in [0.2, 0.25) is 0 Å². The molecule has 25 nitrogen and oxygen atoms in total. The summed E-state index contributed by atoms with van der Waals surface area (Å²) in [6, 6.07) is 10.0. The molecule has 0 aromatic carbocycles. The summed E-state index contributed by atoms with van der Waals surface area (Å²) in [5.41, 5.74) is 6.42. The summed E-state index contributed by atoms with van der Waals surface area (Å²) >= 11 is 3.36. The Morgan fingerprint density at radius 2 is 0.680 bits per heavy atom. The van der Waals surface area contributed by atoms with Crippen LogP contribution >= 0.6 is 22.7 Å². The lowest BCUT2D eigenvalue weighted by Gasteiger charge is -2.13. The van der Waals surface area contributed by atoms with Gasteiger partial charge in [0.15, 0.2) is 28.7 Å². The van der Waals surface area contributed by atoms with Gasteiger partial charge in [0.1, 0.15) is 92.0 Å². The first-order valence-electron chi connectivity index (χ1n) is 34.6. The molecule has 0 bridgehead atoms. The van der Waals surface area contributed by atoms with Gasteiger partial charge in [-0.15, -0.1) is 22.7 Å². The minimum Gasteiger partial charge on any atom is -0.367 e. The molecule has 0 aliphatic heterocycles. The molecule has 0 fully saturated rings. The topological polar surface area (TPSA) is 317 Å². The Balaban J connectivity index is 0.000000169. The molecule has 0 aliphatic carbocycles. The highest BCUT2D eigenvalue weighted by molar-refractivity contribution is 7.17. The quantitative estimate of drug-likeness (QED) is 0.0465. The van der Waals surface area contributed by atoms with Crippen LogP contribution in [0, 0.1) is 0 Å². The van der Waals surface area contributed by atoms with Crippen molar-refractivity contribution in [1.82, 2.24) is 94.7 Å². The highest BCUT2D eigenvalue weighted by Gasteiger charge is 2.18. The number of thiophene rings is 2. The third-order valence-electron chi connectivity index (χ3n) is 13.9. The van der Waals surface area contributed by atoms with Crippen LogP contribution in [0.4, 0.5) is 34.9 Å². The van der Waals surface area contributed by atoms with Crippen LogP contribution < -0.4 is 31.9 Å². The van der Waals surface area contributed by atoms with Gasteiger partial charge in [0.05, 0.1) is 32.7 Å². The lowest BCUT2D eigenvalue weighted by Crippen LogP contribution is -2.14. The standard InChI is InChI=1S/C13H18N4.3C12H17N5.2C12H17N3S/c1-8(2)12-16-10-6-5-7-14-11(10)13(17-12)15-9(3)4;1-7(2)11-16-9-5-13-6-14-10(9)12(17-11)15-8(3)4;1-7(2)10-16-11-9(5-13-6-14-11)12(17-10)15-8(3)4;1-7(2)10-16-11-9(13-5-6-14-11)12(17-10)15-8(3)4;1-7(2)11-14-9-5-6-16-10(9)12(15-11)13-8(3)4;1-7(2)10-14-11(13-8(3)4)9-5-6-16-12(9)15-10/h5-9H,1-4H3,(H,15,16,17);5-8H,1-4H3,(H,15,16,17);5-8H,1-4H3,(H,13,14,15,16,17);5-8H,1-4H3,(H,14,15,16,17);2*5-8H,1-4H3,(H,13,14,15). The molecule has 0 radical (unpaired) electrons. The molecule has 0 amide bonds. The van der Waals surface area contributed by atoms with E-state index < -0.39 is 0 Å². The van der Waals surface area contributed by atoms with E-state index in [-0.39, 0.29) is 17.8 Å². The minimum atomic E-state index is 0.272. The zero-order valence-corrected chi connectivity index (χ0v) is 64.4. The molecule has 12 rings (SSSR count). The smallest absolute Gasteiger partial charge is 0.183 e. The number of fused-ring (bicyclic) bond motifs is 6. The zero-order chi connectivity index (χ0) is 73.1. The van der Waals surface area contributed by atoms with Crippen molar-refractivity contribution >= 4 is 122 Å². The van der Waals surface area contributed by atoms with Gasteiger partial charge in [-0.2, -0.15) is 0 Å².